The maximum atomic E-state index is 12.0. The Morgan fingerprint density at radius 3 is 2.28 bits per heavy atom. The molecule has 2 aliphatic heterocycles. The molecule has 2 rings (SSSR count). The van der Waals surface area contributed by atoms with Gasteiger partial charge in [-0.2, -0.15) is 0 Å². The minimum absolute atomic E-state index is 0.302. The van der Waals surface area contributed by atoms with Gasteiger partial charge >= 0.3 is 0 Å². The summed E-state index contributed by atoms with van der Waals surface area (Å²) in [5.41, 5.74) is 0. The SMILES string of the molecule is CC(C)N1CC(CN2CCN(C(C)C)C(=O)C2)C1. The number of carbonyl (C=O) groups is 1. The van der Waals surface area contributed by atoms with Crippen molar-refractivity contribution in [3.05, 3.63) is 0 Å². The molecule has 4 heteroatoms. The lowest BCUT2D eigenvalue weighted by Crippen LogP contribution is -2.58. The van der Waals surface area contributed by atoms with Crippen molar-refractivity contribution in [2.24, 2.45) is 5.92 Å². The molecule has 0 aromatic carbocycles. The predicted molar refractivity (Wildman–Crippen MR) is 73.5 cm³/mol. The quantitative estimate of drug-likeness (QED) is 0.744. The van der Waals surface area contributed by atoms with E-state index in [9.17, 15) is 4.79 Å². The second-order valence-electron chi connectivity index (χ2n) is 6.33. The molecule has 18 heavy (non-hydrogen) atoms. The molecular formula is C14H27N3O. The van der Waals surface area contributed by atoms with Crippen molar-refractivity contribution in [1.29, 1.82) is 0 Å². The highest BCUT2D eigenvalue weighted by atomic mass is 16.2. The van der Waals surface area contributed by atoms with E-state index in [2.05, 4.69) is 37.5 Å². The van der Waals surface area contributed by atoms with Crippen LogP contribution in [-0.4, -0.2) is 72.0 Å². The normalized spacial score (nSPS) is 24.1. The summed E-state index contributed by atoms with van der Waals surface area (Å²) in [6.45, 7) is 14.8. The Kier molecular flexibility index (Phi) is 4.28. The highest BCUT2D eigenvalue weighted by Gasteiger charge is 2.32. The van der Waals surface area contributed by atoms with E-state index in [1.54, 1.807) is 0 Å². The Morgan fingerprint density at radius 2 is 1.78 bits per heavy atom. The molecule has 2 heterocycles. The Morgan fingerprint density at radius 1 is 1.11 bits per heavy atom. The molecule has 0 aromatic rings. The molecule has 0 unspecified atom stereocenters. The van der Waals surface area contributed by atoms with Gasteiger partial charge in [0.15, 0.2) is 0 Å². The number of hydrogen-bond donors (Lipinski definition) is 0. The number of nitrogens with zero attached hydrogens (tertiary/aromatic N) is 3. The number of carbonyl (C=O) groups excluding carboxylic acids is 1. The summed E-state index contributed by atoms with van der Waals surface area (Å²) < 4.78 is 0. The van der Waals surface area contributed by atoms with E-state index >= 15 is 0 Å². The first-order valence-corrected chi connectivity index (χ1v) is 7.23. The number of piperazine rings is 1. The van der Waals surface area contributed by atoms with Crippen molar-refractivity contribution < 1.29 is 4.79 Å². The summed E-state index contributed by atoms with van der Waals surface area (Å²) in [7, 11) is 0. The van der Waals surface area contributed by atoms with Crippen LogP contribution in [0.2, 0.25) is 0 Å². The number of amides is 1. The minimum atomic E-state index is 0.302. The van der Waals surface area contributed by atoms with Crippen molar-refractivity contribution in [3.8, 4) is 0 Å². The zero-order valence-corrected chi connectivity index (χ0v) is 12.2. The van der Waals surface area contributed by atoms with Crippen molar-refractivity contribution >= 4 is 5.91 Å². The molecule has 0 aromatic heterocycles. The minimum Gasteiger partial charge on any atom is -0.338 e. The molecule has 4 nitrogen and oxygen atoms in total. The van der Waals surface area contributed by atoms with Crippen LogP contribution in [0.15, 0.2) is 0 Å². The molecule has 0 N–H and O–H groups in total. The molecule has 0 radical (unpaired) electrons. The Labute approximate surface area is 111 Å². The average molecular weight is 253 g/mol. The lowest BCUT2D eigenvalue weighted by Gasteiger charge is -2.45. The first kappa shape index (κ1) is 13.8. The zero-order chi connectivity index (χ0) is 13.3. The lowest BCUT2D eigenvalue weighted by atomic mass is 9.97. The summed E-state index contributed by atoms with van der Waals surface area (Å²) >= 11 is 0. The van der Waals surface area contributed by atoms with Crippen molar-refractivity contribution in [1.82, 2.24) is 14.7 Å². The van der Waals surface area contributed by atoms with E-state index in [4.69, 9.17) is 0 Å². The monoisotopic (exact) mass is 253 g/mol. The Hall–Kier alpha value is -0.610. The highest BCUT2D eigenvalue weighted by molar-refractivity contribution is 5.79. The van der Waals surface area contributed by atoms with E-state index in [0.29, 0.717) is 24.5 Å². The summed E-state index contributed by atoms with van der Waals surface area (Å²) in [6, 6.07) is 1.01. The van der Waals surface area contributed by atoms with E-state index < -0.39 is 0 Å². The molecule has 1 amide bonds. The van der Waals surface area contributed by atoms with Crippen LogP contribution in [0.1, 0.15) is 27.7 Å². The maximum absolute atomic E-state index is 12.0. The average Bonchev–Trinajstić information content (AvgIpc) is 2.21. The fourth-order valence-corrected chi connectivity index (χ4v) is 2.95. The van der Waals surface area contributed by atoms with Gasteiger partial charge in [0.2, 0.25) is 5.91 Å². The second kappa shape index (κ2) is 5.57. The van der Waals surface area contributed by atoms with Crippen LogP contribution in [0.4, 0.5) is 0 Å². The van der Waals surface area contributed by atoms with Crippen LogP contribution in [0.5, 0.6) is 0 Å². The van der Waals surface area contributed by atoms with E-state index in [0.717, 1.165) is 25.6 Å². The largest absolute Gasteiger partial charge is 0.338 e. The van der Waals surface area contributed by atoms with Gasteiger partial charge in [-0.05, 0) is 33.6 Å². The van der Waals surface area contributed by atoms with E-state index in [-0.39, 0.29) is 0 Å². The van der Waals surface area contributed by atoms with Gasteiger partial charge in [-0.3, -0.25) is 9.69 Å². The molecule has 2 aliphatic rings. The third kappa shape index (κ3) is 3.04. The Bertz CT molecular complexity index is 297. The van der Waals surface area contributed by atoms with Crippen molar-refractivity contribution in [3.63, 3.8) is 0 Å². The summed E-state index contributed by atoms with van der Waals surface area (Å²) in [5, 5.41) is 0. The smallest absolute Gasteiger partial charge is 0.237 e. The zero-order valence-electron chi connectivity index (χ0n) is 12.2. The first-order chi connectivity index (χ1) is 8.47. The Balaban J connectivity index is 1.72. The lowest BCUT2D eigenvalue weighted by molar-refractivity contribution is -0.138. The van der Waals surface area contributed by atoms with Crippen LogP contribution in [-0.2, 0) is 4.79 Å². The van der Waals surface area contributed by atoms with Crippen LogP contribution >= 0.6 is 0 Å². The van der Waals surface area contributed by atoms with Gasteiger partial charge in [0.1, 0.15) is 0 Å². The van der Waals surface area contributed by atoms with Gasteiger partial charge in [-0.25, -0.2) is 0 Å². The van der Waals surface area contributed by atoms with Crippen LogP contribution in [0.3, 0.4) is 0 Å². The third-order valence-electron chi connectivity index (χ3n) is 4.19. The predicted octanol–water partition coefficient (Wildman–Crippen LogP) is 0.879. The van der Waals surface area contributed by atoms with Crippen LogP contribution in [0.25, 0.3) is 0 Å². The molecule has 0 bridgehead atoms. The summed E-state index contributed by atoms with van der Waals surface area (Å²) in [4.78, 5) is 18.8. The van der Waals surface area contributed by atoms with Crippen molar-refractivity contribution in [2.45, 2.75) is 39.8 Å². The van der Waals surface area contributed by atoms with Gasteiger partial charge in [0, 0.05) is 44.8 Å². The third-order valence-corrected chi connectivity index (χ3v) is 4.19. The van der Waals surface area contributed by atoms with Gasteiger partial charge in [-0.15, -0.1) is 0 Å². The van der Waals surface area contributed by atoms with E-state index in [1.165, 1.54) is 13.1 Å². The molecule has 0 saturated carbocycles. The topological polar surface area (TPSA) is 26.8 Å². The molecule has 0 atom stereocenters. The number of rotatable bonds is 4. The van der Waals surface area contributed by atoms with Gasteiger partial charge in [0.05, 0.1) is 6.54 Å². The van der Waals surface area contributed by atoms with Gasteiger partial charge in [-0.1, -0.05) is 0 Å². The summed E-state index contributed by atoms with van der Waals surface area (Å²) in [5.74, 6) is 1.07. The van der Waals surface area contributed by atoms with Crippen LogP contribution in [0, 0.1) is 5.92 Å². The molecule has 2 fully saturated rings. The van der Waals surface area contributed by atoms with Gasteiger partial charge < -0.3 is 9.80 Å². The molecule has 0 aliphatic carbocycles. The molecule has 104 valence electrons. The van der Waals surface area contributed by atoms with Crippen LogP contribution < -0.4 is 0 Å². The molecular weight excluding hydrogens is 226 g/mol. The van der Waals surface area contributed by atoms with Crippen molar-refractivity contribution in [2.75, 3.05) is 39.3 Å². The van der Waals surface area contributed by atoms with E-state index in [1.807, 2.05) is 4.90 Å². The molecule has 2 saturated heterocycles. The van der Waals surface area contributed by atoms with Gasteiger partial charge in [0.25, 0.3) is 0 Å². The highest BCUT2D eigenvalue weighted by Crippen LogP contribution is 2.20. The maximum Gasteiger partial charge on any atom is 0.237 e. The summed E-state index contributed by atoms with van der Waals surface area (Å²) in [6.07, 6.45) is 0. The fourth-order valence-electron chi connectivity index (χ4n) is 2.95. The number of likely N-dealkylation sites (tertiary alicyclic amines) is 1. The second-order valence-corrected chi connectivity index (χ2v) is 6.33. The standard InChI is InChI=1S/C14H27N3O/c1-11(2)16-8-13(9-16)7-15-5-6-17(12(3)4)14(18)10-15/h11-13H,5-10H2,1-4H3. The first-order valence-electron chi connectivity index (χ1n) is 7.23. The number of hydrogen-bond acceptors (Lipinski definition) is 3. The fraction of sp³-hybridized carbons (Fsp3) is 0.929. The molecule has 0 spiro atoms.